The van der Waals surface area contributed by atoms with Crippen molar-refractivity contribution in [1.29, 1.82) is 0 Å². The highest BCUT2D eigenvalue weighted by Crippen LogP contribution is 2.28. The van der Waals surface area contributed by atoms with Gasteiger partial charge >= 0.3 is 0 Å². The maximum Gasteiger partial charge on any atom is 0.127 e. The van der Waals surface area contributed by atoms with Crippen LogP contribution in [0, 0.1) is 19.3 Å². The van der Waals surface area contributed by atoms with Crippen molar-refractivity contribution in [2.45, 2.75) is 25.7 Å². The van der Waals surface area contributed by atoms with Crippen molar-refractivity contribution in [2.24, 2.45) is 0 Å². The highest BCUT2D eigenvalue weighted by molar-refractivity contribution is 7.11. The van der Waals surface area contributed by atoms with Crippen LogP contribution in [0.1, 0.15) is 34.3 Å². The Labute approximate surface area is 88.8 Å². The summed E-state index contributed by atoms with van der Waals surface area (Å²) in [4.78, 5) is 5.67. The van der Waals surface area contributed by atoms with Crippen LogP contribution in [-0.4, -0.2) is 18.1 Å². The number of terminal acetylenes is 1. The Bertz CT molecular complexity index is 356. The van der Waals surface area contributed by atoms with Gasteiger partial charge in [0.1, 0.15) is 5.69 Å². The van der Waals surface area contributed by atoms with Crippen LogP contribution >= 0.6 is 11.3 Å². The molecule has 0 aromatic carbocycles. The Morgan fingerprint density at radius 1 is 1.64 bits per heavy atom. The minimum Gasteiger partial charge on any atom is -0.316 e. The molecule has 0 saturated carbocycles. The topological polar surface area (TPSA) is 24.9 Å². The van der Waals surface area contributed by atoms with Crippen molar-refractivity contribution in [3.8, 4) is 12.3 Å². The lowest BCUT2D eigenvalue weighted by atomic mass is 10.0. The van der Waals surface area contributed by atoms with Gasteiger partial charge in [-0.25, -0.2) is 4.98 Å². The number of nitrogens with zero attached hydrogens (tertiary/aromatic N) is 1. The predicted octanol–water partition coefficient (Wildman–Crippen LogP) is 1.90. The summed E-state index contributed by atoms with van der Waals surface area (Å²) in [5.41, 5.74) is 0.829. The summed E-state index contributed by atoms with van der Waals surface area (Å²) in [5, 5.41) is 4.61. The van der Waals surface area contributed by atoms with E-state index in [-0.39, 0.29) is 0 Å². The first-order valence-electron chi connectivity index (χ1n) is 4.96. The molecule has 0 spiro atoms. The molecule has 1 aliphatic rings. The number of piperidine rings is 1. The van der Waals surface area contributed by atoms with Crippen molar-refractivity contribution in [2.75, 3.05) is 13.1 Å². The molecular weight excluding hydrogens is 192 g/mol. The summed E-state index contributed by atoms with van der Waals surface area (Å²) in [6.07, 6.45) is 7.86. The predicted molar refractivity (Wildman–Crippen MR) is 59.6 cm³/mol. The molecule has 2 heterocycles. The number of hydrogen-bond donors (Lipinski definition) is 1. The fourth-order valence-electron chi connectivity index (χ4n) is 1.79. The highest BCUT2D eigenvalue weighted by atomic mass is 32.1. The second-order valence-electron chi connectivity index (χ2n) is 3.64. The zero-order chi connectivity index (χ0) is 9.97. The number of thiazole rings is 1. The molecule has 3 heteroatoms. The molecule has 2 rings (SSSR count). The molecule has 1 atom stereocenters. The van der Waals surface area contributed by atoms with Gasteiger partial charge in [-0.05, 0) is 32.2 Å². The van der Waals surface area contributed by atoms with Gasteiger partial charge in [-0.15, -0.1) is 17.8 Å². The molecule has 0 bridgehead atoms. The number of rotatable bonds is 1. The Kier molecular flexibility index (Phi) is 2.85. The van der Waals surface area contributed by atoms with Crippen molar-refractivity contribution < 1.29 is 0 Å². The van der Waals surface area contributed by atoms with Crippen LogP contribution in [0.15, 0.2) is 0 Å². The Hall–Kier alpha value is -0.850. The average molecular weight is 206 g/mol. The zero-order valence-electron chi connectivity index (χ0n) is 8.34. The van der Waals surface area contributed by atoms with E-state index < -0.39 is 0 Å². The maximum atomic E-state index is 5.37. The minimum absolute atomic E-state index is 0.578. The third kappa shape index (κ3) is 1.82. The molecule has 1 aliphatic heterocycles. The van der Waals surface area contributed by atoms with Crippen LogP contribution in [0.5, 0.6) is 0 Å². The molecule has 1 unspecified atom stereocenters. The summed E-state index contributed by atoms with van der Waals surface area (Å²) in [5.74, 6) is 3.21. The first-order chi connectivity index (χ1) is 6.81. The Morgan fingerprint density at radius 2 is 2.50 bits per heavy atom. The molecule has 2 nitrogen and oxygen atoms in total. The van der Waals surface area contributed by atoms with E-state index in [1.807, 2.05) is 6.92 Å². The third-order valence-electron chi connectivity index (χ3n) is 2.60. The van der Waals surface area contributed by atoms with E-state index in [2.05, 4.69) is 16.2 Å². The largest absolute Gasteiger partial charge is 0.316 e. The number of hydrogen-bond acceptors (Lipinski definition) is 3. The van der Waals surface area contributed by atoms with E-state index in [0.29, 0.717) is 5.92 Å². The highest BCUT2D eigenvalue weighted by Gasteiger charge is 2.19. The second kappa shape index (κ2) is 4.12. The number of nitrogens with one attached hydrogen (secondary N) is 1. The van der Waals surface area contributed by atoms with Gasteiger partial charge in [-0.2, -0.15) is 0 Å². The monoisotopic (exact) mass is 206 g/mol. The zero-order valence-corrected chi connectivity index (χ0v) is 9.16. The first-order valence-corrected chi connectivity index (χ1v) is 5.77. The fourth-order valence-corrected chi connectivity index (χ4v) is 2.81. The molecule has 1 fully saturated rings. The van der Waals surface area contributed by atoms with E-state index in [9.17, 15) is 0 Å². The molecule has 0 radical (unpaired) electrons. The van der Waals surface area contributed by atoms with Crippen LogP contribution in [0.2, 0.25) is 0 Å². The van der Waals surface area contributed by atoms with Gasteiger partial charge in [0, 0.05) is 17.3 Å². The molecule has 1 aromatic heterocycles. The number of aryl methyl sites for hydroxylation is 1. The second-order valence-corrected chi connectivity index (χ2v) is 4.88. The van der Waals surface area contributed by atoms with Crippen LogP contribution < -0.4 is 5.32 Å². The van der Waals surface area contributed by atoms with E-state index >= 15 is 0 Å². The average Bonchev–Trinajstić information content (AvgIpc) is 2.61. The molecule has 0 amide bonds. The van der Waals surface area contributed by atoms with E-state index in [1.54, 1.807) is 11.3 Å². The third-order valence-corrected chi connectivity index (χ3v) is 3.73. The summed E-state index contributed by atoms with van der Waals surface area (Å²) in [6, 6.07) is 0. The van der Waals surface area contributed by atoms with Gasteiger partial charge < -0.3 is 5.32 Å². The lowest BCUT2D eigenvalue weighted by Crippen LogP contribution is -2.28. The molecular formula is C11H14N2S. The smallest absolute Gasteiger partial charge is 0.127 e. The molecule has 14 heavy (non-hydrogen) atoms. The summed E-state index contributed by atoms with van der Waals surface area (Å²) < 4.78 is 0. The summed E-state index contributed by atoms with van der Waals surface area (Å²) in [6.45, 7) is 4.24. The molecule has 74 valence electrons. The first kappa shape index (κ1) is 9.70. The Balaban J connectivity index is 2.19. The lowest BCUT2D eigenvalue weighted by molar-refractivity contribution is 0.460. The molecule has 0 aliphatic carbocycles. The lowest BCUT2D eigenvalue weighted by Gasteiger charge is -2.20. The van der Waals surface area contributed by atoms with Gasteiger partial charge in [0.05, 0.1) is 5.01 Å². The van der Waals surface area contributed by atoms with Crippen molar-refractivity contribution in [3.63, 3.8) is 0 Å². The van der Waals surface area contributed by atoms with E-state index in [0.717, 1.165) is 18.8 Å². The van der Waals surface area contributed by atoms with E-state index in [4.69, 9.17) is 6.42 Å². The molecule has 1 saturated heterocycles. The van der Waals surface area contributed by atoms with Gasteiger partial charge in [-0.1, -0.05) is 0 Å². The summed E-state index contributed by atoms with van der Waals surface area (Å²) >= 11 is 1.75. The van der Waals surface area contributed by atoms with Crippen LogP contribution in [0.4, 0.5) is 0 Å². The molecule has 1 N–H and O–H groups in total. The van der Waals surface area contributed by atoms with Gasteiger partial charge in [-0.3, -0.25) is 0 Å². The SMILES string of the molecule is C#Cc1nc(C2CCCNC2)sc1C. The van der Waals surface area contributed by atoms with E-state index in [1.165, 1.54) is 22.7 Å². The number of aromatic nitrogens is 1. The van der Waals surface area contributed by atoms with Crippen molar-refractivity contribution in [3.05, 3.63) is 15.6 Å². The van der Waals surface area contributed by atoms with Crippen molar-refractivity contribution >= 4 is 11.3 Å². The van der Waals surface area contributed by atoms with Crippen LogP contribution in [0.3, 0.4) is 0 Å². The fraction of sp³-hybridized carbons (Fsp3) is 0.545. The van der Waals surface area contributed by atoms with Crippen LogP contribution in [0.25, 0.3) is 0 Å². The van der Waals surface area contributed by atoms with Gasteiger partial charge in [0.25, 0.3) is 0 Å². The summed E-state index contributed by atoms with van der Waals surface area (Å²) in [7, 11) is 0. The van der Waals surface area contributed by atoms with Gasteiger partial charge in [0.15, 0.2) is 0 Å². The minimum atomic E-state index is 0.578. The normalized spacial score (nSPS) is 21.9. The maximum absolute atomic E-state index is 5.37. The standard InChI is InChI=1S/C11H14N2S/c1-3-10-8(2)14-11(13-10)9-5-4-6-12-7-9/h1,9,12H,4-7H2,2H3. The Morgan fingerprint density at radius 3 is 3.07 bits per heavy atom. The van der Waals surface area contributed by atoms with Crippen LogP contribution in [-0.2, 0) is 0 Å². The van der Waals surface area contributed by atoms with Crippen molar-refractivity contribution in [1.82, 2.24) is 10.3 Å². The quantitative estimate of drug-likeness (QED) is 0.710. The van der Waals surface area contributed by atoms with Gasteiger partial charge in [0.2, 0.25) is 0 Å². The molecule has 1 aromatic rings.